The van der Waals surface area contributed by atoms with Crippen LogP contribution in [0.2, 0.25) is 0 Å². The number of imide groups is 1. The van der Waals surface area contributed by atoms with E-state index in [9.17, 15) is 14.7 Å². The Kier molecular flexibility index (Phi) is 4.02. The Hall–Kier alpha value is -1.14. The summed E-state index contributed by atoms with van der Waals surface area (Å²) in [5.41, 5.74) is -1.60. The second kappa shape index (κ2) is 4.85. The van der Waals surface area contributed by atoms with E-state index >= 15 is 0 Å². The monoisotopic (exact) mass is 257 g/mol. The maximum Gasteiger partial charge on any atom is 0.325 e. The zero-order valence-corrected chi connectivity index (χ0v) is 11.8. The third kappa shape index (κ3) is 3.68. The van der Waals surface area contributed by atoms with Gasteiger partial charge in [-0.15, -0.1) is 0 Å². The van der Waals surface area contributed by atoms with Crippen LogP contribution in [-0.2, 0) is 4.79 Å². The van der Waals surface area contributed by atoms with Crippen molar-refractivity contribution in [3.8, 4) is 0 Å². The van der Waals surface area contributed by atoms with Gasteiger partial charge < -0.3 is 15.3 Å². The zero-order valence-electron chi connectivity index (χ0n) is 11.8. The lowest BCUT2D eigenvalue weighted by atomic mass is 10.1. The van der Waals surface area contributed by atoms with Gasteiger partial charge >= 0.3 is 6.03 Å². The SMILES string of the molecule is CN(CCN1C(=O)NC(C)(C)C1=O)CC(C)(C)O. The molecule has 0 unspecified atom stereocenters. The largest absolute Gasteiger partial charge is 0.389 e. The Morgan fingerprint density at radius 2 is 1.94 bits per heavy atom. The van der Waals surface area contributed by atoms with Gasteiger partial charge in [-0.2, -0.15) is 0 Å². The molecule has 0 aromatic rings. The first kappa shape index (κ1) is 14.9. The quantitative estimate of drug-likeness (QED) is 0.681. The summed E-state index contributed by atoms with van der Waals surface area (Å²) in [6, 6.07) is -0.346. The van der Waals surface area contributed by atoms with Crippen LogP contribution in [0.3, 0.4) is 0 Å². The second-order valence-corrected chi connectivity index (χ2v) is 6.06. The molecule has 1 aliphatic heterocycles. The fraction of sp³-hybridized carbons (Fsp3) is 0.833. The highest BCUT2D eigenvalue weighted by Crippen LogP contribution is 2.16. The van der Waals surface area contributed by atoms with Crippen LogP contribution in [0.4, 0.5) is 4.79 Å². The summed E-state index contributed by atoms with van der Waals surface area (Å²) >= 11 is 0. The van der Waals surface area contributed by atoms with Crippen LogP contribution >= 0.6 is 0 Å². The highest BCUT2D eigenvalue weighted by atomic mass is 16.3. The molecule has 0 saturated carbocycles. The molecule has 0 atom stereocenters. The van der Waals surface area contributed by atoms with Crippen molar-refractivity contribution in [2.45, 2.75) is 38.8 Å². The van der Waals surface area contributed by atoms with E-state index in [1.165, 1.54) is 4.90 Å². The molecular formula is C12H23N3O3. The molecule has 0 aromatic carbocycles. The summed E-state index contributed by atoms with van der Waals surface area (Å²) in [5.74, 6) is -0.204. The molecule has 1 saturated heterocycles. The number of nitrogens with zero attached hydrogens (tertiary/aromatic N) is 2. The first-order valence-corrected chi connectivity index (χ1v) is 6.08. The van der Waals surface area contributed by atoms with E-state index in [0.29, 0.717) is 19.6 Å². The maximum absolute atomic E-state index is 11.9. The van der Waals surface area contributed by atoms with Crippen LogP contribution in [-0.4, -0.2) is 64.7 Å². The minimum Gasteiger partial charge on any atom is -0.389 e. The molecule has 0 spiro atoms. The Balaban J connectivity index is 2.50. The van der Waals surface area contributed by atoms with E-state index in [-0.39, 0.29) is 11.9 Å². The van der Waals surface area contributed by atoms with Gasteiger partial charge in [-0.3, -0.25) is 9.69 Å². The van der Waals surface area contributed by atoms with Gasteiger partial charge in [0.05, 0.1) is 5.60 Å². The molecule has 0 bridgehead atoms. The van der Waals surface area contributed by atoms with Gasteiger partial charge in [-0.05, 0) is 34.7 Å². The molecule has 6 nitrogen and oxygen atoms in total. The summed E-state index contributed by atoms with van der Waals surface area (Å²) in [4.78, 5) is 26.7. The summed E-state index contributed by atoms with van der Waals surface area (Å²) in [6.07, 6.45) is 0. The third-order valence-electron chi connectivity index (χ3n) is 2.81. The number of urea groups is 1. The Bertz CT molecular complexity index is 347. The van der Waals surface area contributed by atoms with Crippen molar-refractivity contribution in [2.75, 3.05) is 26.7 Å². The first-order valence-electron chi connectivity index (χ1n) is 6.08. The smallest absolute Gasteiger partial charge is 0.325 e. The fourth-order valence-corrected chi connectivity index (χ4v) is 2.03. The number of hydrogen-bond donors (Lipinski definition) is 2. The molecule has 1 rings (SSSR count). The van der Waals surface area contributed by atoms with Crippen molar-refractivity contribution in [1.82, 2.24) is 15.1 Å². The highest BCUT2D eigenvalue weighted by molar-refractivity contribution is 6.06. The lowest BCUT2D eigenvalue weighted by Gasteiger charge is -2.26. The van der Waals surface area contributed by atoms with Gasteiger partial charge in [0.25, 0.3) is 5.91 Å². The molecule has 104 valence electrons. The van der Waals surface area contributed by atoms with Crippen molar-refractivity contribution in [1.29, 1.82) is 0 Å². The minimum absolute atomic E-state index is 0.204. The summed E-state index contributed by atoms with van der Waals surface area (Å²) in [5, 5.41) is 12.3. The molecule has 0 radical (unpaired) electrons. The minimum atomic E-state index is -0.814. The van der Waals surface area contributed by atoms with E-state index in [4.69, 9.17) is 0 Å². The van der Waals surface area contributed by atoms with E-state index in [1.54, 1.807) is 27.7 Å². The molecule has 6 heteroatoms. The van der Waals surface area contributed by atoms with Crippen molar-refractivity contribution in [3.63, 3.8) is 0 Å². The molecule has 0 aliphatic carbocycles. The first-order chi connectivity index (χ1) is 8.03. The summed E-state index contributed by atoms with van der Waals surface area (Å²) in [6.45, 7) is 8.18. The lowest BCUT2D eigenvalue weighted by molar-refractivity contribution is -0.130. The van der Waals surface area contributed by atoms with Gasteiger partial charge in [-0.1, -0.05) is 0 Å². The van der Waals surface area contributed by atoms with Crippen LogP contribution in [0.1, 0.15) is 27.7 Å². The van der Waals surface area contributed by atoms with Crippen LogP contribution in [0, 0.1) is 0 Å². The topological polar surface area (TPSA) is 72.9 Å². The number of amides is 3. The van der Waals surface area contributed by atoms with Crippen LogP contribution in [0.15, 0.2) is 0 Å². The molecule has 1 aliphatic rings. The van der Waals surface area contributed by atoms with Gasteiger partial charge in [-0.25, -0.2) is 4.79 Å². The van der Waals surface area contributed by atoms with Crippen molar-refractivity contribution >= 4 is 11.9 Å². The normalized spacial score (nSPS) is 19.6. The lowest BCUT2D eigenvalue weighted by Crippen LogP contribution is -2.43. The van der Waals surface area contributed by atoms with Crippen LogP contribution in [0.5, 0.6) is 0 Å². The second-order valence-electron chi connectivity index (χ2n) is 6.06. The van der Waals surface area contributed by atoms with Gasteiger partial charge in [0.2, 0.25) is 0 Å². The van der Waals surface area contributed by atoms with E-state index in [1.807, 2.05) is 11.9 Å². The molecule has 1 heterocycles. The molecule has 1 fully saturated rings. The number of nitrogens with one attached hydrogen (secondary N) is 1. The van der Waals surface area contributed by atoms with Crippen LogP contribution < -0.4 is 5.32 Å². The Morgan fingerprint density at radius 3 is 2.33 bits per heavy atom. The predicted octanol–water partition coefficient (Wildman–Crippen LogP) is 0.0195. The molecule has 18 heavy (non-hydrogen) atoms. The van der Waals surface area contributed by atoms with Gasteiger partial charge in [0, 0.05) is 19.6 Å². The number of carbonyl (C=O) groups is 2. The molecule has 2 N–H and O–H groups in total. The van der Waals surface area contributed by atoms with Gasteiger partial charge in [0.1, 0.15) is 5.54 Å². The maximum atomic E-state index is 11.9. The van der Waals surface area contributed by atoms with E-state index in [2.05, 4.69) is 5.32 Å². The van der Waals surface area contributed by atoms with Crippen molar-refractivity contribution in [2.24, 2.45) is 0 Å². The average Bonchev–Trinajstić information content (AvgIpc) is 2.31. The molecular weight excluding hydrogens is 234 g/mol. The number of carbonyl (C=O) groups excluding carboxylic acids is 2. The van der Waals surface area contributed by atoms with E-state index < -0.39 is 11.1 Å². The zero-order chi connectivity index (χ0) is 14.1. The Labute approximate surface area is 108 Å². The summed E-state index contributed by atoms with van der Waals surface area (Å²) < 4.78 is 0. The van der Waals surface area contributed by atoms with Gasteiger partial charge in [0.15, 0.2) is 0 Å². The van der Waals surface area contributed by atoms with Crippen molar-refractivity contribution in [3.05, 3.63) is 0 Å². The third-order valence-corrected chi connectivity index (χ3v) is 2.81. The van der Waals surface area contributed by atoms with E-state index in [0.717, 1.165) is 0 Å². The number of hydrogen-bond acceptors (Lipinski definition) is 4. The summed E-state index contributed by atoms with van der Waals surface area (Å²) in [7, 11) is 1.85. The number of rotatable bonds is 5. The molecule has 0 aromatic heterocycles. The van der Waals surface area contributed by atoms with Crippen molar-refractivity contribution < 1.29 is 14.7 Å². The number of likely N-dealkylation sites (N-methyl/N-ethyl adjacent to an activating group) is 1. The predicted molar refractivity (Wildman–Crippen MR) is 68.1 cm³/mol. The Morgan fingerprint density at radius 1 is 1.39 bits per heavy atom. The average molecular weight is 257 g/mol. The standard InChI is InChI=1S/C12H23N3O3/c1-11(2,18)8-14(5)6-7-15-9(16)12(3,4)13-10(15)17/h18H,6-8H2,1-5H3,(H,13,17). The number of aliphatic hydroxyl groups is 1. The highest BCUT2D eigenvalue weighted by Gasteiger charge is 2.43. The molecule has 3 amide bonds. The fourth-order valence-electron chi connectivity index (χ4n) is 2.03. The van der Waals surface area contributed by atoms with Crippen LogP contribution in [0.25, 0.3) is 0 Å².